The van der Waals surface area contributed by atoms with E-state index in [1.807, 2.05) is 0 Å². The molecule has 0 bridgehead atoms. The van der Waals surface area contributed by atoms with Crippen molar-refractivity contribution in [3.63, 3.8) is 0 Å². The van der Waals surface area contributed by atoms with Crippen LogP contribution < -0.4 is 0 Å². The summed E-state index contributed by atoms with van der Waals surface area (Å²) in [5, 5.41) is 0. The van der Waals surface area contributed by atoms with Gasteiger partial charge < -0.3 is 4.90 Å². The monoisotopic (exact) mass is 150 g/mol. The van der Waals surface area contributed by atoms with Gasteiger partial charge in [-0.15, -0.1) is 0 Å². The van der Waals surface area contributed by atoms with Crippen LogP contribution in [0, 0.1) is 0 Å². The molecular formula is C9H14N2. The molecule has 2 heterocycles. The van der Waals surface area contributed by atoms with E-state index in [1.54, 1.807) is 0 Å². The molecule has 1 fully saturated rings. The molecule has 2 rings (SSSR count). The number of rotatable bonds is 0. The maximum atomic E-state index is 2.44. The van der Waals surface area contributed by atoms with Crippen LogP contribution in [0.5, 0.6) is 0 Å². The molecule has 0 radical (unpaired) electrons. The van der Waals surface area contributed by atoms with Gasteiger partial charge in [-0.3, -0.25) is 4.90 Å². The Kier molecular flexibility index (Phi) is 1.70. The first-order valence-electron chi connectivity index (χ1n) is 4.15. The molecule has 2 aliphatic heterocycles. The molecule has 0 aromatic heterocycles. The third kappa shape index (κ3) is 1.31. The molecule has 2 aliphatic rings. The van der Waals surface area contributed by atoms with E-state index in [0.717, 1.165) is 13.1 Å². The van der Waals surface area contributed by atoms with Crippen molar-refractivity contribution in [2.75, 3.05) is 33.2 Å². The molecule has 11 heavy (non-hydrogen) atoms. The Hall–Kier alpha value is -0.760. The summed E-state index contributed by atoms with van der Waals surface area (Å²) < 4.78 is 0. The molecule has 2 nitrogen and oxygen atoms in total. The van der Waals surface area contributed by atoms with Gasteiger partial charge in [0, 0.05) is 31.9 Å². The maximum Gasteiger partial charge on any atom is 0.0381 e. The van der Waals surface area contributed by atoms with Gasteiger partial charge >= 0.3 is 0 Å². The van der Waals surface area contributed by atoms with Crippen LogP contribution in [0.15, 0.2) is 23.9 Å². The zero-order valence-corrected chi connectivity index (χ0v) is 6.95. The normalized spacial score (nSPS) is 24.8. The molecule has 0 aromatic carbocycles. The summed E-state index contributed by atoms with van der Waals surface area (Å²) in [6.07, 6.45) is 6.60. The maximum absolute atomic E-state index is 2.44. The lowest BCUT2D eigenvalue weighted by molar-refractivity contribution is 0.214. The lowest BCUT2D eigenvalue weighted by Crippen LogP contribution is -2.43. The predicted molar refractivity (Wildman–Crippen MR) is 46.3 cm³/mol. The number of hydrogen-bond acceptors (Lipinski definition) is 2. The average molecular weight is 150 g/mol. The second-order valence-corrected chi connectivity index (χ2v) is 3.27. The second-order valence-electron chi connectivity index (χ2n) is 3.27. The van der Waals surface area contributed by atoms with Crippen LogP contribution in [0.2, 0.25) is 0 Å². The van der Waals surface area contributed by atoms with Crippen LogP contribution in [0.4, 0.5) is 0 Å². The standard InChI is InChI=1S/C9H14N2/c1-10-6-7-11-5-3-2-4-9(11)8-10/h2-4H,5-8H2,1H3. The van der Waals surface area contributed by atoms with Crippen LogP contribution in [0.25, 0.3) is 0 Å². The first kappa shape index (κ1) is 6.92. The first-order chi connectivity index (χ1) is 5.36. The summed E-state index contributed by atoms with van der Waals surface area (Å²) in [5.41, 5.74) is 1.47. The van der Waals surface area contributed by atoms with Gasteiger partial charge in [-0.05, 0) is 13.1 Å². The molecule has 60 valence electrons. The Morgan fingerprint density at radius 2 is 2.27 bits per heavy atom. The van der Waals surface area contributed by atoms with Gasteiger partial charge in [0.2, 0.25) is 0 Å². The van der Waals surface area contributed by atoms with E-state index in [1.165, 1.54) is 18.8 Å². The molecular weight excluding hydrogens is 136 g/mol. The van der Waals surface area contributed by atoms with E-state index in [-0.39, 0.29) is 0 Å². The molecule has 2 heteroatoms. The highest BCUT2D eigenvalue weighted by Crippen LogP contribution is 2.14. The largest absolute Gasteiger partial charge is 0.369 e. The first-order valence-corrected chi connectivity index (χ1v) is 4.15. The minimum Gasteiger partial charge on any atom is -0.369 e. The zero-order valence-electron chi connectivity index (χ0n) is 6.95. The molecule has 0 aliphatic carbocycles. The van der Waals surface area contributed by atoms with Gasteiger partial charge in [-0.1, -0.05) is 12.2 Å². The lowest BCUT2D eigenvalue weighted by atomic mass is 10.2. The van der Waals surface area contributed by atoms with Crippen LogP contribution in [0.1, 0.15) is 0 Å². The Morgan fingerprint density at radius 1 is 1.36 bits per heavy atom. The van der Waals surface area contributed by atoms with Gasteiger partial charge in [0.15, 0.2) is 0 Å². The van der Waals surface area contributed by atoms with Crippen LogP contribution in [-0.4, -0.2) is 43.0 Å². The molecule has 0 saturated carbocycles. The fraction of sp³-hybridized carbons (Fsp3) is 0.556. The van der Waals surface area contributed by atoms with Crippen molar-refractivity contribution in [2.24, 2.45) is 0 Å². The van der Waals surface area contributed by atoms with E-state index >= 15 is 0 Å². The molecule has 0 spiro atoms. The number of piperazine rings is 1. The van der Waals surface area contributed by atoms with Crippen LogP contribution in [-0.2, 0) is 0 Å². The van der Waals surface area contributed by atoms with Crippen molar-refractivity contribution in [1.82, 2.24) is 9.80 Å². The Labute approximate surface area is 67.8 Å². The Balaban J connectivity index is 2.12. The van der Waals surface area contributed by atoms with E-state index in [2.05, 4.69) is 35.1 Å². The topological polar surface area (TPSA) is 6.48 Å². The quantitative estimate of drug-likeness (QED) is 0.501. The average Bonchev–Trinajstić information content (AvgIpc) is 2.04. The van der Waals surface area contributed by atoms with Crippen molar-refractivity contribution in [3.8, 4) is 0 Å². The predicted octanol–water partition coefficient (Wildman–Crippen LogP) is 0.688. The molecule has 0 aromatic rings. The number of fused-ring (bicyclic) bond motifs is 1. The van der Waals surface area contributed by atoms with Crippen molar-refractivity contribution in [2.45, 2.75) is 0 Å². The fourth-order valence-electron chi connectivity index (χ4n) is 1.62. The van der Waals surface area contributed by atoms with Crippen molar-refractivity contribution in [3.05, 3.63) is 23.9 Å². The summed E-state index contributed by atoms with van der Waals surface area (Å²) >= 11 is 0. The summed E-state index contributed by atoms with van der Waals surface area (Å²) in [6, 6.07) is 0. The van der Waals surface area contributed by atoms with E-state index in [9.17, 15) is 0 Å². The van der Waals surface area contributed by atoms with Crippen LogP contribution in [0.3, 0.4) is 0 Å². The third-order valence-corrected chi connectivity index (χ3v) is 2.34. The van der Waals surface area contributed by atoms with Crippen molar-refractivity contribution >= 4 is 0 Å². The van der Waals surface area contributed by atoms with Crippen molar-refractivity contribution in [1.29, 1.82) is 0 Å². The highest BCUT2D eigenvalue weighted by Gasteiger charge is 2.17. The van der Waals surface area contributed by atoms with Crippen LogP contribution >= 0.6 is 0 Å². The molecule has 0 unspecified atom stereocenters. The van der Waals surface area contributed by atoms with Gasteiger partial charge in [-0.25, -0.2) is 0 Å². The number of nitrogens with zero attached hydrogens (tertiary/aromatic N) is 2. The number of hydrogen-bond donors (Lipinski definition) is 0. The van der Waals surface area contributed by atoms with Gasteiger partial charge in [0.05, 0.1) is 0 Å². The lowest BCUT2D eigenvalue weighted by Gasteiger charge is -2.37. The SMILES string of the molecule is CN1CCN2CC=CC=C2C1. The highest BCUT2D eigenvalue weighted by molar-refractivity contribution is 5.20. The molecule has 0 N–H and O–H groups in total. The highest BCUT2D eigenvalue weighted by atomic mass is 15.3. The molecule has 0 atom stereocenters. The van der Waals surface area contributed by atoms with Gasteiger partial charge in [-0.2, -0.15) is 0 Å². The van der Waals surface area contributed by atoms with Crippen molar-refractivity contribution < 1.29 is 0 Å². The summed E-state index contributed by atoms with van der Waals surface area (Å²) in [6.45, 7) is 4.61. The van der Waals surface area contributed by atoms with E-state index in [4.69, 9.17) is 0 Å². The van der Waals surface area contributed by atoms with E-state index in [0.29, 0.717) is 0 Å². The number of allylic oxidation sites excluding steroid dienone is 2. The fourth-order valence-corrected chi connectivity index (χ4v) is 1.62. The van der Waals surface area contributed by atoms with E-state index < -0.39 is 0 Å². The third-order valence-electron chi connectivity index (χ3n) is 2.34. The van der Waals surface area contributed by atoms with Gasteiger partial charge in [0.1, 0.15) is 0 Å². The van der Waals surface area contributed by atoms with Gasteiger partial charge in [0.25, 0.3) is 0 Å². The molecule has 1 saturated heterocycles. The Bertz CT molecular complexity index is 206. The zero-order chi connectivity index (χ0) is 7.68. The molecule has 0 amide bonds. The minimum atomic E-state index is 1.11. The summed E-state index contributed by atoms with van der Waals surface area (Å²) in [4.78, 5) is 4.81. The summed E-state index contributed by atoms with van der Waals surface area (Å²) in [7, 11) is 2.18. The number of likely N-dealkylation sites (N-methyl/N-ethyl adjacent to an activating group) is 1. The Morgan fingerprint density at radius 3 is 3.18 bits per heavy atom. The smallest absolute Gasteiger partial charge is 0.0381 e. The minimum absolute atomic E-state index is 1.11. The second kappa shape index (κ2) is 2.70. The summed E-state index contributed by atoms with van der Waals surface area (Å²) in [5.74, 6) is 0.